The maximum Gasteiger partial charge on any atom is 0.280 e. The molecule has 0 atom stereocenters. The number of hydrogen-bond acceptors (Lipinski definition) is 4. The summed E-state index contributed by atoms with van der Waals surface area (Å²) in [6, 6.07) is 0. The standard InChI is InChI=1S/C10H9N5O/c11-10-13-8-7(9(16)14-10)12-5-15(8)6-3-1-2-4-6/h1-3,5H,4H2,(H3,11,13,14,16). The zero-order valence-corrected chi connectivity index (χ0v) is 8.34. The average Bonchev–Trinajstić information content (AvgIpc) is 2.83. The van der Waals surface area contributed by atoms with E-state index in [4.69, 9.17) is 5.73 Å². The molecule has 0 spiro atoms. The molecule has 2 heterocycles. The second-order valence-electron chi connectivity index (χ2n) is 3.53. The Hall–Kier alpha value is -2.37. The number of allylic oxidation sites excluding steroid dienone is 4. The van der Waals surface area contributed by atoms with Crippen LogP contribution in [0.25, 0.3) is 16.9 Å². The van der Waals surface area contributed by atoms with Crippen molar-refractivity contribution in [2.75, 3.05) is 5.73 Å². The summed E-state index contributed by atoms with van der Waals surface area (Å²) in [5.41, 5.74) is 7.03. The van der Waals surface area contributed by atoms with E-state index in [0.29, 0.717) is 11.2 Å². The van der Waals surface area contributed by atoms with Crippen molar-refractivity contribution in [2.45, 2.75) is 6.42 Å². The number of rotatable bonds is 1. The number of aromatic nitrogens is 4. The van der Waals surface area contributed by atoms with Crippen molar-refractivity contribution in [3.63, 3.8) is 0 Å². The van der Waals surface area contributed by atoms with Crippen LogP contribution in [0.1, 0.15) is 6.42 Å². The number of H-pyrrole nitrogens is 1. The molecular formula is C10H9N5O. The van der Waals surface area contributed by atoms with Gasteiger partial charge in [0.1, 0.15) is 6.33 Å². The van der Waals surface area contributed by atoms with Gasteiger partial charge in [0.15, 0.2) is 11.2 Å². The molecule has 0 unspecified atom stereocenters. The molecule has 16 heavy (non-hydrogen) atoms. The Morgan fingerprint density at radius 1 is 1.50 bits per heavy atom. The highest BCUT2D eigenvalue weighted by Crippen LogP contribution is 2.19. The Bertz CT molecular complexity index is 676. The van der Waals surface area contributed by atoms with Crippen LogP contribution in [0.3, 0.4) is 0 Å². The quantitative estimate of drug-likeness (QED) is 0.725. The number of fused-ring (bicyclic) bond motifs is 1. The number of hydrogen-bond donors (Lipinski definition) is 2. The van der Waals surface area contributed by atoms with Crippen LogP contribution in [0, 0.1) is 0 Å². The van der Waals surface area contributed by atoms with Crippen LogP contribution in [0.2, 0.25) is 0 Å². The van der Waals surface area contributed by atoms with Gasteiger partial charge < -0.3 is 5.73 Å². The smallest absolute Gasteiger partial charge is 0.280 e. The van der Waals surface area contributed by atoms with Crippen LogP contribution in [0.5, 0.6) is 0 Å². The maximum absolute atomic E-state index is 11.5. The molecule has 0 bridgehead atoms. The van der Waals surface area contributed by atoms with Crippen molar-refractivity contribution in [3.05, 3.63) is 34.9 Å². The molecule has 3 rings (SSSR count). The predicted octanol–water partition coefficient (Wildman–Crippen LogP) is 0.503. The fourth-order valence-electron chi connectivity index (χ4n) is 1.75. The minimum Gasteiger partial charge on any atom is -0.369 e. The van der Waals surface area contributed by atoms with E-state index in [-0.39, 0.29) is 11.5 Å². The predicted molar refractivity (Wildman–Crippen MR) is 60.6 cm³/mol. The Morgan fingerprint density at radius 3 is 3.12 bits per heavy atom. The van der Waals surface area contributed by atoms with Gasteiger partial charge in [-0.25, -0.2) is 4.98 Å². The zero-order chi connectivity index (χ0) is 11.1. The number of anilines is 1. The van der Waals surface area contributed by atoms with Gasteiger partial charge in [0.05, 0.1) is 0 Å². The number of nitrogens with two attached hydrogens (primary N) is 1. The molecule has 0 amide bonds. The van der Waals surface area contributed by atoms with Gasteiger partial charge in [-0.15, -0.1) is 0 Å². The Balaban J connectivity index is 2.31. The summed E-state index contributed by atoms with van der Waals surface area (Å²) < 4.78 is 1.78. The van der Waals surface area contributed by atoms with E-state index in [1.165, 1.54) is 0 Å². The van der Waals surface area contributed by atoms with E-state index in [0.717, 1.165) is 12.1 Å². The third-order valence-corrected chi connectivity index (χ3v) is 2.49. The number of aromatic amines is 1. The topological polar surface area (TPSA) is 89.6 Å². The lowest BCUT2D eigenvalue weighted by Gasteiger charge is -2.03. The summed E-state index contributed by atoms with van der Waals surface area (Å²) in [5, 5.41) is 0. The minimum absolute atomic E-state index is 0.103. The molecule has 6 nitrogen and oxygen atoms in total. The Morgan fingerprint density at radius 2 is 2.38 bits per heavy atom. The van der Waals surface area contributed by atoms with Crippen molar-refractivity contribution < 1.29 is 0 Å². The first kappa shape index (κ1) is 8.90. The molecule has 2 aromatic heterocycles. The highest BCUT2D eigenvalue weighted by molar-refractivity contribution is 5.76. The number of nitrogens with one attached hydrogen (secondary N) is 1. The molecule has 0 aromatic carbocycles. The van der Waals surface area contributed by atoms with E-state index in [1.807, 2.05) is 18.2 Å². The molecule has 6 heteroatoms. The Kier molecular flexibility index (Phi) is 1.70. The van der Waals surface area contributed by atoms with Crippen molar-refractivity contribution >= 4 is 22.8 Å². The number of nitrogens with zero attached hydrogens (tertiary/aromatic N) is 3. The molecule has 0 fully saturated rings. The summed E-state index contributed by atoms with van der Waals surface area (Å²) in [6.45, 7) is 0. The molecule has 1 aliphatic carbocycles. The van der Waals surface area contributed by atoms with Crippen LogP contribution >= 0.6 is 0 Å². The summed E-state index contributed by atoms with van der Waals surface area (Å²) in [4.78, 5) is 22.1. The average molecular weight is 215 g/mol. The molecule has 1 aliphatic rings. The summed E-state index contributed by atoms with van der Waals surface area (Å²) >= 11 is 0. The molecule has 0 saturated heterocycles. The first-order valence-corrected chi connectivity index (χ1v) is 4.84. The largest absolute Gasteiger partial charge is 0.369 e. The second kappa shape index (κ2) is 3.06. The lowest BCUT2D eigenvalue weighted by Crippen LogP contribution is -2.12. The lowest BCUT2D eigenvalue weighted by atomic mass is 10.4. The van der Waals surface area contributed by atoms with Gasteiger partial charge in [0, 0.05) is 12.1 Å². The molecular weight excluding hydrogens is 206 g/mol. The number of nitrogen functional groups attached to an aromatic ring is 1. The molecule has 80 valence electrons. The van der Waals surface area contributed by atoms with Gasteiger partial charge in [-0.1, -0.05) is 12.2 Å². The van der Waals surface area contributed by atoms with Gasteiger partial charge in [-0.2, -0.15) is 4.98 Å². The van der Waals surface area contributed by atoms with E-state index in [9.17, 15) is 4.79 Å². The van der Waals surface area contributed by atoms with E-state index in [1.54, 1.807) is 10.9 Å². The SMILES string of the molecule is Nc1nc2c(ncn2C2=CC=CC2)c(=O)[nH]1. The molecule has 0 aliphatic heterocycles. The van der Waals surface area contributed by atoms with Crippen LogP contribution < -0.4 is 11.3 Å². The fourth-order valence-corrected chi connectivity index (χ4v) is 1.75. The van der Waals surface area contributed by atoms with Crippen LogP contribution in [-0.2, 0) is 0 Å². The van der Waals surface area contributed by atoms with Crippen molar-refractivity contribution in [1.82, 2.24) is 19.5 Å². The van der Waals surface area contributed by atoms with Crippen molar-refractivity contribution in [2.24, 2.45) is 0 Å². The van der Waals surface area contributed by atoms with Crippen LogP contribution in [0.4, 0.5) is 5.95 Å². The van der Waals surface area contributed by atoms with E-state index in [2.05, 4.69) is 15.0 Å². The second-order valence-corrected chi connectivity index (χ2v) is 3.53. The third kappa shape index (κ3) is 1.16. The van der Waals surface area contributed by atoms with E-state index < -0.39 is 0 Å². The van der Waals surface area contributed by atoms with E-state index >= 15 is 0 Å². The minimum atomic E-state index is -0.312. The van der Waals surface area contributed by atoms with Crippen LogP contribution in [-0.4, -0.2) is 19.5 Å². The normalized spacial score (nSPS) is 14.6. The summed E-state index contributed by atoms with van der Waals surface area (Å²) in [5.74, 6) is 0.103. The first-order chi connectivity index (χ1) is 7.75. The van der Waals surface area contributed by atoms with Gasteiger partial charge in [0.2, 0.25) is 5.95 Å². The third-order valence-electron chi connectivity index (χ3n) is 2.49. The maximum atomic E-state index is 11.5. The molecule has 0 saturated carbocycles. The number of imidazole rings is 1. The van der Waals surface area contributed by atoms with Gasteiger partial charge >= 0.3 is 0 Å². The summed E-state index contributed by atoms with van der Waals surface area (Å²) in [6.07, 6.45) is 8.33. The lowest BCUT2D eigenvalue weighted by molar-refractivity contribution is 1.05. The zero-order valence-electron chi connectivity index (χ0n) is 8.34. The Labute approximate surface area is 90.1 Å². The van der Waals surface area contributed by atoms with Gasteiger partial charge in [0.25, 0.3) is 5.56 Å². The molecule has 0 radical (unpaired) electrons. The monoisotopic (exact) mass is 215 g/mol. The molecule has 2 aromatic rings. The highest BCUT2D eigenvalue weighted by Gasteiger charge is 2.12. The first-order valence-electron chi connectivity index (χ1n) is 4.84. The fraction of sp³-hybridized carbons (Fsp3) is 0.100. The van der Waals surface area contributed by atoms with Gasteiger partial charge in [-0.05, 0) is 6.08 Å². The van der Waals surface area contributed by atoms with Crippen LogP contribution in [0.15, 0.2) is 29.3 Å². The summed E-state index contributed by atoms with van der Waals surface area (Å²) in [7, 11) is 0. The van der Waals surface area contributed by atoms with Crippen molar-refractivity contribution in [3.8, 4) is 0 Å². The van der Waals surface area contributed by atoms with Gasteiger partial charge in [-0.3, -0.25) is 14.3 Å². The van der Waals surface area contributed by atoms with Crippen molar-refractivity contribution in [1.29, 1.82) is 0 Å². The highest BCUT2D eigenvalue weighted by atomic mass is 16.1. The molecule has 3 N–H and O–H groups in total.